The summed E-state index contributed by atoms with van der Waals surface area (Å²) in [5.41, 5.74) is 1.63. The molecule has 2 aromatic carbocycles. The largest absolute Gasteiger partial charge is 0.508 e. The Morgan fingerprint density at radius 2 is 1.81 bits per heavy atom. The molecule has 7 heteroatoms. The maximum atomic E-state index is 14.1. The number of aromatic hydroxyl groups is 1. The van der Waals surface area contributed by atoms with Crippen molar-refractivity contribution in [1.82, 2.24) is 5.32 Å². The minimum atomic E-state index is -2.98. The molecule has 4 N–H and O–H groups in total. The van der Waals surface area contributed by atoms with E-state index in [9.17, 15) is 24.1 Å². The second kappa shape index (κ2) is 12.7. The van der Waals surface area contributed by atoms with Gasteiger partial charge in [0.25, 0.3) is 5.92 Å². The van der Waals surface area contributed by atoms with E-state index in [2.05, 4.69) is 5.32 Å². The maximum absolute atomic E-state index is 14.1. The van der Waals surface area contributed by atoms with Crippen LogP contribution < -0.4 is 5.32 Å². The third-order valence-corrected chi connectivity index (χ3v) is 5.16. The lowest BCUT2D eigenvalue weighted by Gasteiger charge is -2.17. The van der Waals surface area contributed by atoms with Crippen LogP contribution in [0.2, 0.25) is 0 Å². The van der Waals surface area contributed by atoms with E-state index in [4.69, 9.17) is 4.74 Å². The first kappa shape index (κ1) is 25.2. The summed E-state index contributed by atoms with van der Waals surface area (Å²) in [6, 6.07) is 11.1. The van der Waals surface area contributed by atoms with Crippen LogP contribution in [-0.2, 0) is 17.3 Å². The van der Waals surface area contributed by atoms with E-state index < -0.39 is 18.6 Å². The summed E-state index contributed by atoms with van der Waals surface area (Å²) in [5.74, 6) is -3.01. The van der Waals surface area contributed by atoms with E-state index in [1.165, 1.54) is 18.2 Å². The first-order chi connectivity index (χ1) is 14.8. The van der Waals surface area contributed by atoms with Gasteiger partial charge >= 0.3 is 0 Å². The molecule has 2 rings (SSSR count). The molecule has 0 heterocycles. The van der Waals surface area contributed by atoms with Crippen LogP contribution in [0.1, 0.15) is 54.0 Å². The fourth-order valence-electron chi connectivity index (χ4n) is 3.39. The molecule has 0 fully saturated rings. The van der Waals surface area contributed by atoms with Crippen molar-refractivity contribution in [3.63, 3.8) is 0 Å². The number of hydrogen-bond acceptors (Lipinski definition) is 5. The third kappa shape index (κ3) is 8.18. The van der Waals surface area contributed by atoms with Crippen molar-refractivity contribution >= 4 is 0 Å². The molecule has 0 aliphatic heterocycles. The molecule has 172 valence electrons. The molecule has 0 aliphatic carbocycles. The summed E-state index contributed by atoms with van der Waals surface area (Å²) in [5, 5.41) is 32.5. The van der Waals surface area contributed by atoms with E-state index in [-0.39, 0.29) is 17.9 Å². The van der Waals surface area contributed by atoms with Gasteiger partial charge in [-0.3, -0.25) is 0 Å². The highest BCUT2D eigenvalue weighted by molar-refractivity contribution is 5.40. The summed E-state index contributed by atoms with van der Waals surface area (Å²) < 4.78 is 33.4. The van der Waals surface area contributed by atoms with E-state index in [1.807, 2.05) is 0 Å². The molecule has 0 bridgehead atoms. The van der Waals surface area contributed by atoms with Crippen molar-refractivity contribution in [2.45, 2.75) is 51.2 Å². The van der Waals surface area contributed by atoms with Gasteiger partial charge in [-0.25, -0.2) is 0 Å². The Labute approximate surface area is 182 Å². The number of ether oxygens (including phenoxy) is 1. The minimum Gasteiger partial charge on any atom is -0.508 e. The van der Waals surface area contributed by atoms with Crippen molar-refractivity contribution in [2.75, 3.05) is 26.3 Å². The smallest absolute Gasteiger partial charge is 0.296 e. The molecule has 1 unspecified atom stereocenters. The van der Waals surface area contributed by atoms with E-state index in [0.29, 0.717) is 30.8 Å². The number of alkyl halides is 2. The fourth-order valence-corrected chi connectivity index (χ4v) is 3.39. The van der Waals surface area contributed by atoms with Crippen LogP contribution in [0.3, 0.4) is 0 Å². The van der Waals surface area contributed by atoms with Crippen LogP contribution in [0.5, 0.6) is 5.75 Å². The van der Waals surface area contributed by atoms with Gasteiger partial charge in [0.05, 0.1) is 12.7 Å². The number of aliphatic hydroxyl groups excluding tert-OH is 2. The number of aliphatic hydroxyl groups is 2. The molecule has 0 amide bonds. The third-order valence-electron chi connectivity index (χ3n) is 5.16. The molecule has 0 saturated carbocycles. The standard InChI is InChI=1S/C24H33F2NO4/c1-18-8-6-9-19(14-18)24(25,26)17-31-13-5-3-2-4-12-27-15-23(30)20-10-7-11-22(29)21(20)16-28/h6-11,14,23,27-30H,2-5,12-13,15-17H2,1H3. The Kier molecular flexibility index (Phi) is 10.3. The first-order valence-corrected chi connectivity index (χ1v) is 10.7. The van der Waals surface area contributed by atoms with Gasteiger partial charge < -0.3 is 25.4 Å². The van der Waals surface area contributed by atoms with Crippen molar-refractivity contribution in [1.29, 1.82) is 0 Å². The predicted octanol–water partition coefficient (Wildman–Crippen LogP) is 4.18. The van der Waals surface area contributed by atoms with Gasteiger partial charge in [-0.15, -0.1) is 0 Å². The highest BCUT2D eigenvalue weighted by Gasteiger charge is 2.31. The maximum Gasteiger partial charge on any atom is 0.296 e. The zero-order valence-electron chi connectivity index (χ0n) is 18.0. The van der Waals surface area contributed by atoms with Gasteiger partial charge in [0.1, 0.15) is 12.4 Å². The van der Waals surface area contributed by atoms with Crippen LogP contribution in [0.4, 0.5) is 8.78 Å². The molecule has 0 aromatic heterocycles. The second-order valence-electron chi connectivity index (χ2n) is 7.76. The Morgan fingerprint density at radius 3 is 2.55 bits per heavy atom. The molecule has 0 radical (unpaired) electrons. The van der Waals surface area contributed by atoms with E-state index in [0.717, 1.165) is 31.2 Å². The number of aryl methyl sites for hydroxylation is 1. The van der Waals surface area contributed by atoms with Gasteiger partial charge in [-0.1, -0.05) is 54.8 Å². The van der Waals surface area contributed by atoms with Gasteiger partial charge in [0.2, 0.25) is 0 Å². The highest BCUT2D eigenvalue weighted by atomic mass is 19.3. The average Bonchev–Trinajstić information content (AvgIpc) is 2.74. The van der Waals surface area contributed by atoms with Crippen molar-refractivity contribution in [3.8, 4) is 5.75 Å². The van der Waals surface area contributed by atoms with Crippen molar-refractivity contribution in [2.24, 2.45) is 0 Å². The molecule has 2 aromatic rings. The molecule has 5 nitrogen and oxygen atoms in total. The molecule has 31 heavy (non-hydrogen) atoms. The number of unbranched alkanes of at least 4 members (excludes halogenated alkanes) is 3. The molecular weight excluding hydrogens is 404 g/mol. The summed E-state index contributed by atoms with van der Waals surface area (Å²) in [4.78, 5) is 0. The number of nitrogens with one attached hydrogen (secondary N) is 1. The Morgan fingerprint density at radius 1 is 1.06 bits per heavy atom. The van der Waals surface area contributed by atoms with Gasteiger partial charge in [-0.05, 0) is 37.9 Å². The number of rotatable bonds is 14. The SMILES string of the molecule is Cc1cccc(C(F)(F)COCCCCCCNCC(O)c2cccc(O)c2CO)c1. The van der Waals surface area contributed by atoms with Crippen LogP contribution in [-0.4, -0.2) is 41.6 Å². The van der Waals surface area contributed by atoms with Crippen LogP contribution in [0, 0.1) is 6.92 Å². The summed E-state index contributed by atoms with van der Waals surface area (Å²) in [6.45, 7) is 2.16. The Bertz CT molecular complexity index is 801. The van der Waals surface area contributed by atoms with Gasteiger partial charge in [0.15, 0.2) is 0 Å². The summed E-state index contributed by atoms with van der Waals surface area (Å²) in [6.07, 6.45) is 2.59. The van der Waals surface area contributed by atoms with Gasteiger partial charge in [-0.2, -0.15) is 8.78 Å². The van der Waals surface area contributed by atoms with E-state index in [1.54, 1.807) is 31.2 Å². The zero-order valence-corrected chi connectivity index (χ0v) is 18.0. The number of halogens is 2. The fraction of sp³-hybridized carbons (Fsp3) is 0.500. The number of phenols is 1. The Hall–Kier alpha value is -2.06. The zero-order chi connectivity index (χ0) is 22.7. The second-order valence-corrected chi connectivity index (χ2v) is 7.76. The summed E-state index contributed by atoms with van der Waals surface area (Å²) in [7, 11) is 0. The normalized spacial score (nSPS) is 12.8. The molecule has 1 atom stereocenters. The van der Waals surface area contributed by atoms with Crippen LogP contribution in [0.25, 0.3) is 0 Å². The predicted molar refractivity (Wildman–Crippen MR) is 116 cm³/mol. The lowest BCUT2D eigenvalue weighted by molar-refractivity contribution is -0.0831. The molecule has 0 spiro atoms. The first-order valence-electron chi connectivity index (χ1n) is 10.7. The average molecular weight is 438 g/mol. The van der Waals surface area contributed by atoms with Gasteiger partial charge in [0, 0.05) is 24.3 Å². The van der Waals surface area contributed by atoms with Crippen molar-refractivity contribution in [3.05, 3.63) is 64.7 Å². The molecular formula is C24H33F2NO4. The topological polar surface area (TPSA) is 82.0 Å². The molecule has 0 aliphatic rings. The number of hydrogen-bond donors (Lipinski definition) is 4. The summed E-state index contributed by atoms with van der Waals surface area (Å²) >= 11 is 0. The minimum absolute atomic E-state index is 0.0161. The molecule has 0 saturated heterocycles. The monoisotopic (exact) mass is 437 g/mol. The lowest BCUT2D eigenvalue weighted by atomic mass is 10.0. The lowest BCUT2D eigenvalue weighted by Crippen LogP contribution is -2.23. The Balaban J connectivity index is 1.54. The highest BCUT2D eigenvalue weighted by Crippen LogP contribution is 2.29. The quantitative estimate of drug-likeness (QED) is 0.333. The van der Waals surface area contributed by atoms with E-state index >= 15 is 0 Å². The van der Waals surface area contributed by atoms with Crippen molar-refractivity contribution < 1.29 is 28.8 Å². The van der Waals surface area contributed by atoms with Crippen LogP contribution in [0.15, 0.2) is 42.5 Å². The van der Waals surface area contributed by atoms with Crippen LogP contribution >= 0.6 is 0 Å². The number of benzene rings is 2.